The summed E-state index contributed by atoms with van der Waals surface area (Å²) in [6, 6.07) is 0. The molecular formula is C6H15BF3N2-. The van der Waals surface area contributed by atoms with E-state index in [2.05, 4.69) is 0 Å². The molecule has 0 radical (unpaired) electrons. The van der Waals surface area contributed by atoms with Crippen LogP contribution in [-0.4, -0.2) is 57.5 Å². The molecule has 0 aliphatic heterocycles. The molecule has 0 unspecified atom stereocenters. The Morgan fingerprint density at radius 3 is 1.83 bits per heavy atom. The van der Waals surface area contributed by atoms with E-state index < -0.39 is 13.4 Å². The van der Waals surface area contributed by atoms with Crippen LogP contribution in [0.3, 0.4) is 0 Å². The molecule has 0 aliphatic carbocycles. The van der Waals surface area contributed by atoms with E-state index >= 15 is 0 Å². The van der Waals surface area contributed by atoms with Gasteiger partial charge in [0.1, 0.15) is 0 Å². The molecule has 0 aromatic heterocycles. The van der Waals surface area contributed by atoms with Crippen LogP contribution in [0.25, 0.3) is 0 Å². The zero-order valence-corrected chi connectivity index (χ0v) is 7.73. The summed E-state index contributed by atoms with van der Waals surface area (Å²) < 4.78 is 35.5. The van der Waals surface area contributed by atoms with Crippen LogP contribution in [0.2, 0.25) is 0 Å². The normalized spacial score (nSPS) is 13.0. The van der Waals surface area contributed by atoms with E-state index in [1.165, 1.54) is 11.9 Å². The van der Waals surface area contributed by atoms with Crippen molar-refractivity contribution in [2.75, 3.05) is 40.7 Å². The number of hydrogen-bond acceptors (Lipinski definition) is 2. The van der Waals surface area contributed by atoms with E-state index in [1.54, 1.807) is 0 Å². The number of likely N-dealkylation sites (N-methyl/N-ethyl adjacent to an activating group) is 2. The molecular weight excluding hydrogens is 168 g/mol. The van der Waals surface area contributed by atoms with Gasteiger partial charge in [-0.3, -0.25) is 0 Å². The Balaban J connectivity index is 3.53. The molecule has 0 aliphatic rings. The van der Waals surface area contributed by atoms with Gasteiger partial charge in [0.25, 0.3) is 0 Å². The van der Waals surface area contributed by atoms with Crippen LogP contribution in [-0.2, 0) is 0 Å². The molecule has 12 heavy (non-hydrogen) atoms. The molecule has 0 amide bonds. The molecule has 0 N–H and O–H groups in total. The smallest absolute Gasteiger partial charge is 0.448 e. The molecule has 2 nitrogen and oxygen atoms in total. The predicted molar refractivity (Wildman–Crippen MR) is 45.1 cm³/mol. The lowest BCUT2D eigenvalue weighted by molar-refractivity contribution is 0.284. The number of halogens is 3. The molecule has 0 atom stereocenters. The van der Waals surface area contributed by atoms with E-state index in [0.717, 1.165) is 0 Å². The van der Waals surface area contributed by atoms with E-state index in [1.807, 2.05) is 19.0 Å². The van der Waals surface area contributed by atoms with Crippen LogP contribution < -0.4 is 0 Å². The Labute approximate surface area is 71.4 Å². The van der Waals surface area contributed by atoms with E-state index in [-0.39, 0.29) is 0 Å². The number of rotatable bonds is 5. The summed E-state index contributed by atoms with van der Waals surface area (Å²) in [7, 11) is 5.16. The monoisotopic (exact) mass is 183 g/mol. The average Bonchev–Trinajstić information content (AvgIpc) is 1.79. The Bertz CT molecular complexity index is 126. The lowest BCUT2D eigenvalue weighted by Crippen LogP contribution is -2.38. The summed E-state index contributed by atoms with van der Waals surface area (Å²) in [4.78, 5) is 3.15. The van der Waals surface area contributed by atoms with Gasteiger partial charge in [-0.25, -0.2) is 0 Å². The second-order valence-electron chi connectivity index (χ2n) is 3.28. The van der Waals surface area contributed by atoms with Crippen LogP contribution in [0.5, 0.6) is 0 Å². The molecule has 6 heteroatoms. The molecule has 0 saturated heterocycles. The maximum atomic E-state index is 11.8. The van der Waals surface area contributed by atoms with Crippen LogP contribution >= 0.6 is 0 Å². The second-order valence-corrected chi connectivity index (χ2v) is 3.28. The fourth-order valence-electron chi connectivity index (χ4n) is 0.815. The lowest BCUT2D eigenvalue weighted by atomic mass is 9.91. The first kappa shape index (κ1) is 11.8. The molecule has 0 rings (SSSR count). The van der Waals surface area contributed by atoms with Crippen molar-refractivity contribution in [1.29, 1.82) is 0 Å². The Kier molecular flexibility index (Phi) is 4.63. The highest BCUT2D eigenvalue weighted by Gasteiger charge is 2.24. The second kappa shape index (κ2) is 4.72. The van der Waals surface area contributed by atoms with Crippen molar-refractivity contribution < 1.29 is 12.9 Å². The maximum absolute atomic E-state index is 11.8. The minimum absolute atomic E-state index is 0.453. The minimum Gasteiger partial charge on any atom is -0.448 e. The van der Waals surface area contributed by atoms with Gasteiger partial charge in [0.05, 0.1) is 0 Å². The first-order chi connectivity index (χ1) is 5.31. The Hall–Kier alpha value is -0.225. The first-order valence-electron chi connectivity index (χ1n) is 3.85. The third-order valence-electron chi connectivity index (χ3n) is 1.45. The summed E-state index contributed by atoms with van der Waals surface area (Å²) in [5.41, 5.74) is 0. The summed E-state index contributed by atoms with van der Waals surface area (Å²) in [6.07, 6.45) is -0.770. The molecule has 0 aromatic rings. The maximum Gasteiger partial charge on any atom is 0.492 e. The van der Waals surface area contributed by atoms with Crippen molar-refractivity contribution in [3.05, 3.63) is 0 Å². The van der Waals surface area contributed by atoms with Crippen LogP contribution in [0.1, 0.15) is 0 Å². The van der Waals surface area contributed by atoms with Gasteiger partial charge in [0.15, 0.2) is 0 Å². The minimum atomic E-state index is -4.67. The van der Waals surface area contributed by atoms with Crippen molar-refractivity contribution in [2.24, 2.45) is 0 Å². The van der Waals surface area contributed by atoms with Gasteiger partial charge in [0.2, 0.25) is 0 Å². The fraction of sp³-hybridized carbons (Fsp3) is 1.00. The van der Waals surface area contributed by atoms with Crippen molar-refractivity contribution in [3.8, 4) is 0 Å². The van der Waals surface area contributed by atoms with Crippen LogP contribution in [0.4, 0.5) is 12.9 Å². The summed E-state index contributed by atoms with van der Waals surface area (Å²) in [5, 5.41) is 0. The average molecular weight is 183 g/mol. The highest BCUT2D eigenvalue weighted by Crippen LogP contribution is 2.08. The first-order valence-corrected chi connectivity index (χ1v) is 3.85. The van der Waals surface area contributed by atoms with Crippen LogP contribution in [0.15, 0.2) is 0 Å². The number of hydrogen-bond donors (Lipinski definition) is 0. The van der Waals surface area contributed by atoms with Gasteiger partial charge in [-0.2, -0.15) is 0 Å². The summed E-state index contributed by atoms with van der Waals surface area (Å²) in [5.74, 6) is 0. The van der Waals surface area contributed by atoms with Gasteiger partial charge in [0, 0.05) is 13.1 Å². The quantitative estimate of drug-likeness (QED) is 0.583. The topological polar surface area (TPSA) is 6.48 Å². The molecule has 0 aromatic carbocycles. The molecule has 74 valence electrons. The molecule has 0 heterocycles. The Morgan fingerprint density at radius 2 is 1.50 bits per heavy atom. The molecule has 0 fully saturated rings. The SMILES string of the molecule is CN(C)CCN(C)C[B-](F)(F)F. The van der Waals surface area contributed by atoms with Gasteiger partial charge in [-0.15, -0.1) is 0 Å². The van der Waals surface area contributed by atoms with Crippen molar-refractivity contribution in [2.45, 2.75) is 0 Å². The third-order valence-corrected chi connectivity index (χ3v) is 1.45. The zero-order valence-electron chi connectivity index (χ0n) is 7.73. The predicted octanol–water partition coefficient (Wildman–Crippen LogP) is 0.866. The molecule has 0 saturated carbocycles. The van der Waals surface area contributed by atoms with E-state index in [9.17, 15) is 12.9 Å². The molecule has 0 bridgehead atoms. The van der Waals surface area contributed by atoms with Gasteiger partial charge in [-0.05, 0) is 27.6 Å². The fourth-order valence-corrected chi connectivity index (χ4v) is 0.815. The van der Waals surface area contributed by atoms with Crippen LogP contribution in [0, 0.1) is 0 Å². The molecule has 0 spiro atoms. The number of nitrogens with zero attached hydrogens (tertiary/aromatic N) is 2. The third kappa shape index (κ3) is 7.88. The largest absolute Gasteiger partial charge is 0.492 e. The lowest BCUT2D eigenvalue weighted by Gasteiger charge is -2.24. The van der Waals surface area contributed by atoms with Crippen molar-refractivity contribution >= 4 is 6.98 Å². The van der Waals surface area contributed by atoms with Gasteiger partial charge < -0.3 is 22.7 Å². The van der Waals surface area contributed by atoms with Crippen molar-refractivity contribution in [3.63, 3.8) is 0 Å². The van der Waals surface area contributed by atoms with Gasteiger partial charge >= 0.3 is 6.98 Å². The summed E-state index contributed by atoms with van der Waals surface area (Å²) in [6.45, 7) is -3.56. The zero-order chi connectivity index (χ0) is 9.78. The van der Waals surface area contributed by atoms with E-state index in [0.29, 0.717) is 13.1 Å². The highest BCUT2D eigenvalue weighted by atomic mass is 19.4. The Morgan fingerprint density at radius 1 is 1.00 bits per heavy atom. The van der Waals surface area contributed by atoms with Crippen molar-refractivity contribution in [1.82, 2.24) is 9.80 Å². The summed E-state index contributed by atoms with van der Waals surface area (Å²) >= 11 is 0. The highest BCUT2D eigenvalue weighted by molar-refractivity contribution is 6.58. The standard InChI is InChI=1S/C6H15BF3N2/c1-11(2)4-5-12(3)6-7(8,9)10/h4-6H2,1-3H3/q-1. The van der Waals surface area contributed by atoms with E-state index in [4.69, 9.17) is 0 Å². The van der Waals surface area contributed by atoms with Gasteiger partial charge in [-0.1, -0.05) is 0 Å².